The SMILES string of the molecule is Fc1ccc(OCC2(CBr)CCCC2)cc1C(F)(F)F. The van der Waals surface area contributed by atoms with Crippen molar-refractivity contribution < 1.29 is 22.3 Å². The van der Waals surface area contributed by atoms with Gasteiger partial charge < -0.3 is 4.74 Å². The number of rotatable bonds is 4. The van der Waals surface area contributed by atoms with Crippen LogP contribution in [0.4, 0.5) is 17.6 Å². The summed E-state index contributed by atoms with van der Waals surface area (Å²) in [4.78, 5) is 0. The van der Waals surface area contributed by atoms with Crippen molar-refractivity contribution in [1.82, 2.24) is 0 Å². The fourth-order valence-electron chi connectivity index (χ4n) is 2.49. The van der Waals surface area contributed by atoms with Crippen LogP contribution in [0.3, 0.4) is 0 Å². The van der Waals surface area contributed by atoms with E-state index in [1.165, 1.54) is 6.07 Å². The fraction of sp³-hybridized carbons (Fsp3) is 0.571. The molecule has 112 valence electrons. The highest BCUT2D eigenvalue weighted by Gasteiger charge is 2.36. The fourth-order valence-corrected chi connectivity index (χ4v) is 3.21. The molecule has 1 aromatic carbocycles. The monoisotopic (exact) mass is 354 g/mol. The van der Waals surface area contributed by atoms with Crippen LogP contribution in [0.2, 0.25) is 0 Å². The molecule has 0 heterocycles. The van der Waals surface area contributed by atoms with Crippen molar-refractivity contribution in [1.29, 1.82) is 0 Å². The zero-order chi connectivity index (χ0) is 14.8. The van der Waals surface area contributed by atoms with Gasteiger partial charge in [0.15, 0.2) is 0 Å². The van der Waals surface area contributed by atoms with Gasteiger partial charge in [0.1, 0.15) is 11.6 Å². The molecule has 0 saturated heterocycles. The van der Waals surface area contributed by atoms with E-state index in [4.69, 9.17) is 4.74 Å². The van der Waals surface area contributed by atoms with Crippen molar-refractivity contribution in [2.75, 3.05) is 11.9 Å². The predicted octanol–water partition coefficient (Wildman–Crippen LogP) is 5.18. The average molecular weight is 355 g/mol. The number of benzene rings is 1. The molecule has 0 amide bonds. The molecular formula is C14H15BrF4O. The molecule has 0 aromatic heterocycles. The summed E-state index contributed by atoms with van der Waals surface area (Å²) < 4.78 is 56.5. The van der Waals surface area contributed by atoms with Crippen molar-refractivity contribution in [3.05, 3.63) is 29.6 Å². The Hall–Kier alpha value is -0.780. The lowest BCUT2D eigenvalue weighted by Crippen LogP contribution is -2.27. The first kappa shape index (κ1) is 15.6. The molecule has 0 N–H and O–H groups in total. The second-order valence-electron chi connectivity index (χ2n) is 5.27. The van der Waals surface area contributed by atoms with E-state index < -0.39 is 17.6 Å². The molecule has 1 nitrogen and oxygen atoms in total. The summed E-state index contributed by atoms with van der Waals surface area (Å²) in [5.74, 6) is -1.22. The van der Waals surface area contributed by atoms with Crippen molar-refractivity contribution in [2.24, 2.45) is 5.41 Å². The largest absolute Gasteiger partial charge is 0.493 e. The van der Waals surface area contributed by atoms with E-state index in [1.807, 2.05) is 0 Å². The van der Waals surface area contributed by atoms with E-state index in [2.05, 4.69) is 15.9 Å². The maximum Gasteiger partial charge on any atom is 0.419 e. The van der Waals surface area contributed by atoms with Gasteiger partial charge in [0, 0.05) is 10.7 Å². The van der Waals surface area contributed by atoms with Crippen molar-refractivity contribution in [3.8, 4) is 5.75 Å². The normalized spacial score (nSPS) is 18.2. The second-order valence-corrected chi connectivity index (χ2v) is 5.83. The Labute approximate surface area is 123 Å². The summed E-state index contributed by atoms with van der Waals surface area (Å²) >= 11 is 3.44. The number of alkyl halides is 4. The summed E-state index contributed by atoms with van der Waals surface area (Å²) in [5, 5.41) is 0.757. The minimum absolute atomic E-state index is 0.0210. The van der Waals surface area contributed by atoms with E-state index in [9.17, 15) is 17.6 Å². The van der Waals surface area contributed by atoms with Crippen LogP contribution in [0.15, 0.2) is 18.2 Å². The lowest BCUT2D eigenvalue weighted by Gasteiger charge is -2.26. The standard InChI is InChI=1S/C14H15BrF4O/c15-8-13(5-1-2-6-13)9-20-10-3-4-12(16)11(7-10)14(17,18)19/h3-4,7H,1-2,5-6,8-9H2. The molecule has 20 heavy (non-hydrogen) atoms. The van der Waals surface area contributed by atoms with Gasteiger partial charge in [-0.05, 0) is 31.0 Å². The predicted molar refractivity (Wildman–Crippen MR) is 71.6 cm³/mol. The van der Waals surface area contributed by atoms with Crippen LogP contribution < -0.4 is 4.74 Å². The molecule has 0 atom stereocenters. The van der Waals surface area contributed by atoms with Gasteiger partial charge in [0.2, 0.25) is 0 Å². The second kappa shape index (κ2) is 5.92. The van der Waals surface area contributed by atoms with Crippen molar-refractivity contribution >= 4 is 15.9 Å². The Morgan fingerprint density at radius 2 is 1.85 bits per heavy atom. The highest BCUT2D eigenvalue weighted by atomic mass is 79.9. The molecule has 1 saturated carbocycles. The third-order valence-electron chi connectivity index (χ3n) is 3.74. The summed E-state index contributed by atoms with van der Waals surface area (Å²) in [7, 11) is 0. The summed E-state index contributed by atoms with van der Waals surface area (Å²) in [6.45, 7) is 0.348. The third-order valence-corrected chi connectivity index (χ3v) is 4.93. The van der Waals surface area contributed by atoms with Gasteiger partial charge in [-0.25, -0.2) is 4.39 Å². The number of halogens is 5. The molecule has 0 radical (unpaired) electrons. The van der Waals surface area contributed by atoms with Crippen LogP contribution in [-0.2, 0) is 6.18 Å². The summed E-state index contributed by atoms with van der Waals surface area (Å²) in [5.41, 5.74) is -1.30. The van der Waals surface area contributed by atoms with Gasteiger partial charge in [0.25, 0.3) is 0 Å². The number of hydrogen-bond acceptors (Lipinski definition) is 1. The van der Waals surface area contributed by atoms with Gasteiger partial charge in [-0.2, -0.15) is 13.2 Å². The summed E-state index contributed by atoms with van der Waals surface area (Å²) in [6, 6.07) is 2.77. The van der Waals surface area contributed by atoms with E-state index in [0.29, 0.717) is 6.61 Å². The Morgan fingerprint density at radius 3 is 2.40 bits per heavy atom. The third kappa shape index (κ3) is 3.45. The molecule has 0 unspecified atom stereocenters. The van der Waals surface area contributed by atoms with Crippen LogP contribution in [0, 0.1) is 11.2 Å². The molecule has 1 aliphatic rings. The zero-order valence-corrected chi connectivity index (χ0v) is 12.4. The molecule has 2 rings (SSSR count). The van der Waals surface area contributed by atoms with Crippen molar-refractivity contribution in [2.45, 2.75) is 31.9 Å². The minimum atomic E-state index is -4.70. The van der Waals surface area contributed by atoms with Gasteiger partial charge in [-0.3, -0.25) is 0 Å². The molecule has 1 fully saturated rings. The first-order chi connectivity index (χ1) is 9.36. The molecular weight excluding hydrogens is 340 g/mol. The van der Waals surface area contributed by atoms with Gasteiger partial charge in [-0.1, -0.05) is 28.8 Å². The Bertz CT molecular complexity index is 467. The lowest BCUT2D eigenvalue weighted by molar-refractivity contribution is -0.140. The Morgan fingerprint density at radius 1 is 1.20 bits per heavy atom. The number of hydrogen-bond donors (Lipinski definition) is 0. The average Bonchev–Trinajstić information content (AvgIpc) is 2.86. The minimum Gasteiger partial charge on any atom is -0.493 e. The Balaban J connectivity index is 2.10. The molecule has 0 aliphatic heterocycles. The van der Waals surface area contributed by atoms with Crippen LogP contribution in [0.5, 0.6) is 5.75 Å². The first-order valence-corrected chi connectivity index (χ1v) is 7.54. The van der Waals surface area contributed by atoms with E-state index in [0.717, 1.165) is 43.1 Å². The molecule has 1 aliphatic carbocycles. The van der Waals surface area contributed by atoms with Crippen LogP contribution in [-0.4, -0.2) is 11.9 Å². The topological polar surface area (TPSA) is 9.23 Å². The molecule has 6 heteroatoms. The van der Waals surface area contributed by atoms with Crippen LogP contribution in [0.1, 0.15) is 31.2 Å². The highest BCUT2D eigenvalue weighted by molar-refractivity contribution is 9.09. The van der Waals surface area contributed by atoms with Crippen LogP contribution >= 0.6 is 15.9 Å². The lowest BCUT2D eigenvalue weighted by atomic mass is 9.90. The first-order valence-electron chi connectivity index (χ1n) is 6.42. The summed E-state index contributed by atoms with van der Waals surface area (Å²) in [6.07, 6.45) is -0.514. The van der Waals surface area contributed by atoms with Gasteiger partial charge >= 0.3 is 6.18 Å². The van der Waals surface area contributed by atoms with E-state index in [1.54, 1.807) is 0 Å². The van der Waals surface area contributed by atoms with Crippen LogP contribution in [0.25, 0.3) is 0 Å². The zero-order valence-electron chi connectivity index (χ0n) is 10.8. The van der Waals surface area contributed by atoms with Gasteiger partial charge in [0.05, 0.1) is 12.2 Å². The smallest absolute Gasteiger partial charge is 0.419 e. The van der Waals surface area contributed by atoms with Crippen molar-refractivity contribution in [3.63, 3.8) is 0 Å². The molecule has 1 aromatic rings. The molecule has 0 spiro atoms. The van der Waals surface area contributed by atoms with E-state index >= 15 is 0 Å². The Kier molecular flexibility index (Phi) is 4.62. The molecule has 0 bridgehead atoms. The van der Waals surface area contributed by atoms with Gasteiger partial charge in [-0.15, -0.1) is 0 Å². The quantitative estimate of drug-likeness (QED) is 0.534. The van der Waals surface area contributed by atoms with E-state index in [-0.39, 0.29) is 11.2 Å². The maximum atomic E-state index is 13.2. The number of ether oxygens (including phenoxy) is 1. The highest BCUT2D eigenvalue weighted by Crippen LogP contribution is 2.40. The maximum absolute atomic E-state index is 13.2.